The van der Waals surface area contributed by atoms with E-state index >= 15 is 0 Å². The summed E-state index contributed by atoms with van der Waals surface area (Å²) < 4.78 is 13.2. The fraction of sp³-hybridized carbons (Fsp3) is 0. The molecule has 98 valence electrons. The largest absolute Gasteiger partial charge is 0.505 e. The minimum atomic E-state index is -0.762. The average Bonchev–Trinajstić information content (AvgIpc) is 2.36. The second-order valence-electron chi connectivity index (χ2n) is 3.58. The third-order valence-corrected chi connectivity index (χ3v) is 2.79. The molecule has 0 spiro atoms. The molecule has 19 heavy (non-hydrogen) atoms. The van der Waals surface area contributed by atoms with Gasteiger partial charge in [0.1, 0.15) is 5.75 Å². The number of nitrogens with zero attached hydrogens (tertiary/aromatic N) is 1. The maximum absolute atomic E-state index is 13.2. The van der Waals surface area contributed by atoms with Crippen molar-refractivity contribution in [3.05, 3.63) is 52.0 Å². The van der Waals surface area contributed by atoms with Gasteiger partial charge in [-0.2, -0.15) is 0 Å². The molecule has 0 radical (unpaired) electrons. The van der Waals surface area contributed by atoms with Crippen LogP contribution in [0.3, 0.4) is 0 Å². The van der Waals surface area contributed by atoms with Crippen molar-refractivity contribution in [3.8, 4) is 5.75 Å². The molecule has 0 unspecified atom stereocenters. The molecule has 0 saturated heterocycles. The van der Waals surface area contributed by atoms with Crippen LogP contribution in [0.4, 0.5) is 10.1 Å². The highest BCUT2D eigenvalue weighted by Gasteiger charge is 2.14. The number of halogens is 3. The van der Waals surface area contributed by atoms with Crippen molar-refractivity contribution in [2.75, 3.05) is 5.32 Å². The van der Waals surface area contributed by atoms with Crippen LogP contribution in [-0.4, -0.2) is 16.0 Å². The monoisotopic (exact) mass is 300 g/mol. The molecule has 1 heterocycles. The number of carbonyl (C=O) groups excluding carboxylic acids is 1. The smallest absolute Gasteiger partial charge is 0.278 e. The van der Waals surface area contributed by atoms with E-state index in [0.29, 0.717) is 0 Å². The second kappa shape index (κ2) is 5.42. The lowest BCUT2D eigenvalue weighted by Crippen LogP contribution is -2.13. The molecular weight excluding hydrogens is 294 g/mol. The van der Waals surface area contributed by atoms with Gasteiger partial charge in [-0.25, -0.2) is 9.37 Å². The van der Waals surface area contributed by atoms with Crippen LogP contribution in [0.1, 0.15) is 10.5 Å². The number of carbonyl (C=O) groups is 1. The van der Waals surface area contributed by atoms with Crippen molar-refractivity contribution in [3.63, 3.8) is 0 Å². The van der Waals surface area contributed by atoms with Crippen LogP contribution in [0.5, 0.6) is 5.75 Å². The quantitative estimate of drug-likeness (QED) is 0.835. The number of aromatic nitrogens is 1. The summed E-state index contributed by atoms with van der Waals surface area (Å²) in [6, 6.07) is 5.23. The zero-order valence-electron chi connectivity index (χ0n) is 9.32. The summed E-state index contributed by atoms with van der Waals surface area (Å²) in [7, 11) is 0. The van der Waals surface area contributed by atoms with E-state index in [2.05, 4.69) is 10.3 Å². The zero-order chi connectivity index (χ0) is 14.0. The van der Waals surface area contributed by atoms with Crippen LogP contribution in [0.2, 0.25) is 10.0 Å². The SMILES string of the molecule is O=C(Nc1cc(Cl)c(F)c(Cl)c1)c1ncccc1O. The number of pyridine rings is 1. The Morgan fingerprint density at radius 1 is 1.32 bits per heavy atom. The second-order valence-corrected chi connectivity index (χ2v) is 4.39. The van der Waals surface area contributed by atoms with Gasteiger partial charge >= 0.3 is 0 Å². The van der Waals surface area contributed by atoms with Crippen LogP contribution >= 0.6 is 23.2 Å². The average molecular weight is 301 g/mol. The van der Waals surface area contributed by atoms with Crippen molar-refractivity contribution >= 4 is 34.8 Å². The first-order valence-electron chi connectivity index (χ1n) is 5.09. The number of nitrogens with one attached hydrogen (secondary N) is 1. The third-order valence-electron chi connectivity index (χ3n) is 2.24. The van der Waals surface area contributed by atoms with Gasteiger partial charge < -0.3 is 10.4 Å². The van der Waals surface area contributed by atoms with Gasteiger partial charge in [0.25, 0.3) is 5.91 Å². The Labute approximate surface area is 117 Å². The number of rotatable bonds is 2. The molecule has 2 aromatic rings. The number of anilines is 1. The first kappa shape index (κ1) is 13.6. The van der Waals surface area contributed by atoms with E-state index in [4.69, 9.17) is 23.2 Å². The van der Waals surface area contributed by atoms with Crippen LogP contribution in [0.25, 0.3) is 0 Å². The van der Waals surface area contributed by atoms with Gasteiger partial charge in [0.2, 0.25) is 0 Å². The minimum Gasteiger partial charge on any atom is -0.505 e. The molecule has 0 saturated carbocycles. The van der Waals surface area contributed by atoms with Crippen molar-refractivity contribution < 1.29 is 14.3 Å². The highest BCUT2D eigenvalue weighted by Crippen LogP contribution is 2.27. The van der Waals surface area contributed by atoms with E-state index in [-0.39, 0.29) is 27.2 Å². The van der Waals surface area contributed by atoms with E-state index < -0.39 is 11.7 Å². The number of aromatic hydroxyl groups is 1. The molecule has 1 aromatic heterocycles. The molecule has 0 aliphatic carbocycles. The topological polar surface area (TPSA) is 62.2 Å². The normalized spacial score (nSPS) is 10.3. The van der Waals surface area contributed by atoms with Crippen molar-refractivity contribution in [2.24, 2.45) is 0 Å². The molecule has 0 atom stereocenters. The molecule has 1 aromatic carbocycles. The fourth-order valence-corrected chi connectivity index (χ4v) is 1.88. The zero-order valence-corrected chi connectivity index (χ0v) is 10.8. The highest BCUT2D eigenvalue weighted by atomic mass is 35.5. The lowest BCUT2D eigenvalue weighted by molar-refractivity contribution is 0.101. The van der Waals surface area contributed by atoms with E-state index in [1.54, 1.807) is 0 Å². The molecule has 1 amide bonds. The van der Waals surface area contributed by atoms with Gasteiger partial charge in [-0.3, -0.25) is 4.79 Å². The maximum Gasteiger partial charge on any atom is 0.278 e. The predicted octanol–water partition coefficient (Wildman–Crippen LogP) is 3.49. The Balaban J connectivity index is 2.27. The Morgan fingerprint density at radius 3 is 2.53 bits per heavy atom. The Kier molecular flexibility index (Phi) is 3.87. The standard InChI is InChI=1S/C12H7Cl2FN2O2/c13-7-4-6(5-8(14)10(7)15)17-12(19)11-9(18)2-1-3-16-11/h1-5,18H,(H,17,19). The summed E-state index contributed by atoms with van der Waals surface area (Å²) in [5, 5.41) is 11.5. The van der Waals surface area contributed by atoms with Gasteiger partial charge in [-0.15, -0.1) is 0 Å². The maximum atomic E-state index is 13.2. The molecule has 7 heteroatoms. The molecule has 2 rings (SSSR count). The summed E-state index contributed by atoms with van der Waals surface area (Å²) in [5.41, 5.74) is 0.0468. The fourth-order valence-electron chi connectivity index (χ4n) is 1.39. The highest BCUT2D eigenvalue weighted by molar-refractivity contribution is 6.35. The van der Waals surface area contributed by atoms with Gasteiger partial charge in [-0.05, 0) is 24.3 Å². The van der Waals surface area contributed by atoms with Gasteiger partial charge in [0.05, 0.1) is 10.0 Å². The predicted molar refractivity (Wildman–Crippen MR) is 70.3 cm³/mol. The van der Waals surface area contributed by atoms with E-state index in [1.165, 1.54) is 30.5 Å². The van der Waals surface area contributed by atoms with Crippen LogP contribution in [-0.2, 0) is 0 Å². The Morgan fingerprint density at radius 2 is 1.95 bits per heavy atom. The molecule has 4 nitrogen and oxygen atoms in total. The van der Waals surface area contributed by atoms with E-state index in [0.717, 1.165) is 0 Å². The van der Waals surface area contributed by atoms with Crippen molar-refractivity contribution in [1.29, 1.82) is 0 Å². The van der Waals surface area contributed by atoms with Crippen LogP contribution < -0.4 is 5.32 Å². The lowest BCUT2D eigenvalue weighted by atomic mass is 10.2. The summed E-state index contributed by atoms with van der Waals surface area (Å²) in [5.74, 6) is -1.68. The van der Waals surface area contributed by atoms with Crippen molar-refractivity contribution in [1.82, 2.24) is 4.98 Å². The summed E-state index contributed by atoms with van der Waals surface area (Å²) in [4.78, 5) is 15.6. The lowest BCUT2D eigenvalue weighted by Gasteiger charge is -2.07. The van der Waals surface area contributed by atoms with Crippen molar-refractivity contribution in [2.45, 2.75) is 0 Å². The molecule has 0 aliphatic rings. The van der Waals surface area contributed by atoms with Gasteiger partial charge in [-0.1, -0.05) is 23.2 Å². The molecule has 2 N–H and O–H groups in total. The minimum absolute atomic E-state index is 0.154. The first-order valence-corrected chi connectivity index (χ1v) is 5.84. The van der Waals surface area contributed by atoms with Gasteiger partial charge in [0, 0.05) is 11.9 Å². The molecule has 0 aliphatic heterocycles. The number of hydrogen-bond donors (Lipinski definition) is 2. The Bertz CT molecular complexity index is 626. The van der Waals surface area contributed by atoms with Crippen LogP contribution in [0.15, 0.2) is 30.5 Å². The van der Waals surface area contributed by atoms with Crippen LogP contribution in [0, 0.1) is 5.82 Å². The summed E-state index contributed by atoms with van der Waals surface area (Å²) in [6.45, 7) is 0. The number of amides is 1. The molecule has 0 fully saturated rings. The summed E-state index contributed by atoms with van der Waals surface area (Å²) >= 11 is 11.2. The van der Waals surface area contributed by atoms with E-state index in [9.17, 15) is 14.3 Å². The Hall–Kier alpha value is -1.85. The molecule has 0 bridgehead atoms. The number of benzene rings is 1. The van der Waals surface area contributed by atoms with E-state index in [1.807, 2.05) is 0 Å². The molecular formula is C12H7Cl2FN2O2. The summed E-state index contributed by atoms with van der Waals surface area (Å²) in [6.07, 6.45) is 1.36. The van der Waals surface area contributed by atoms with Gasteiger partial charge in [0.15, 0.2) is 11.5 Å². The third kappa shape index (κ3) is 2.94. The first-order chi connectivity index (χ1) is 8.99. The number of hydrogen-bond acceptors (Lipinski definition) is 3.